The van der Waals surface area contributed by atoms with Gasteiger partial charge in [0.2, 0.25) is 5.95 Å². The summed E-state index contributed by atoms with van der Waals surface area (Å²) in [4.78, 5) is 2.57. The van der Waals surface area contributed by atoms with Gasteiger partial charge in [0, 0.05) is 25.7 Å². The molecule has 2 fully saturated rings. The molecule has 17 heavy (non-hydrogen) atoms. The second kappa shape index (κ2) is 4.25. The molecule has 2 saturated heterocycles. The van der Waals surface area contributed by atoms with E-state index in [2.05, 4.69) is 32.8 Å². The zero-order valence-corrected chi connectivity index (χ0v) is 10.5. The highest BCUT2D eigenvalue weighted by molar-refractivity contribution is 5.21. The zero-order chi connectivity index (χ0) is 11.8. The van der Waals surface area contributed by atoms with E-state index < -0.39 is 0 Å². The molecule has 1 N–H and O–H groups in total. The molecule has 6 nitrogen and oxygen atoms in total. The van der Waals surface area contributed by atoms with Crippen LogP contribution in [0.25, 0.3) is 0 Å². The van der Waals surface area contributed by atoms with Crippen molar-refractivity contribution in [1.82, 2.24) is 25.1 Å². The maximum atomic E-state index is 3.95. The van der Waals surface area contributed by atoms with Crippen molar-refractivity contribution in [2.75, 3.05) is 18.9 Å². The summed E-state index contributed by atoms with van der Waals surface area (Å²) in [7, 11) is 4.14. The highest BCUT2D eigenvalue weighted by atomic mass is 15.6. The van der Waals surface area contributed by atoms with Gasteiger partial charge in [-0.15, -0.1) is 0 Å². The number of piperidine rings is 1. The van der Waals surface area contributed by atoms with Crippen molar-refractivity contribution in [2.45, 2.75) is 37.8 Å². The van der Waals surface area contributed by atoms with Crippen LogP contribution in [0.5, 0.6) is 0 Å². The van der Waals surface area contributed by atoms with Crippen molar-refractivity contribution >= 4 is 5.95 Å². The van der Waals surface area contributed by atoms with Crippen molar-refractivity contribution < 1.29 is 0 Å². The van der Waals surface area contributed by atoms with E-state index >= 15 is 0 Å². The van der Waals surface area contributed by atoms with E-state index in [9.17, 15) is 0 Å². The summed E-state index contributed by atoms with van der Waals surface area (Å²) in [6.07, 6.45) is 5.38. The molecule has 0 aromatic carbocycles. The molecule has 0 saturated carbocycles. The van der Waals surface area contributed by atoms with Gasteiger partial charge in [0.05, 0.1) is 0 Å². The molecule has 2 atom stereocenters. The molecular formula is C11H20N6. The van der Waals surface area contributed by atoms with Crippen molar-refractivity contribution in [3.05, 3.63) is 0 Å². The van der Waals surface area contributed by atoms with Crippen molar-refractivity contribution in [2.24, 2.45) is 13.0 Å². The lowest BCUT2D eigenvalue weighted by atomic mass is 9.91. The topological polar surface area (TPSA) is 58.9 Å². The molecule has 0 radical (unpaired) electrons. The Balaban J connectivity index is 1.56. The second-order valence-corrected chi connectivity index (χ2v) is 5.39. The quantitative estimate of drug-likeness (QED) is 0.828. The Morgan fingerprint density at radius 1 is 1.24 bits per heavy atom. The SMILES string of the molecule is CN1C2CCC1CC(CNc1nnnn1C)C2. The smallest absolute Gasteiger partial charge is 0.242 e. The fourth-order valence-corrected chi connectivity index (χ4v) is 3.31. The predicted octanol–water partition coefficient (Wildman–Crippen LogP) is 0.495. The van der Waals surface area contributed by atoms with Crippen LogP contribution in [0, 0.1) is 5.92 Å². The molecule has 1 aromatic heterocycles. The minimum atomic E-state index is 0.764. The Morgan fingerprint density at radius 3 is 2.53 bits per heavy atom. The Morgan fingerprint density at radius 2 is 1.94 bits per heavy atom. The molecule has 2 aliphatic rings. The third-order valence-electron chi connectivity index (χ3n) is 4.36. The first kappa shape index (κ1) is 11.0. The minimum Gasteiger partial charge on any atom is -0.353 e. The predicted molar refractivity (Wildman–Crippen MR) is 64.6 cm³/mol. The third-order valence-corrected chi connectivity index (χ3v) is 4.36. The summed E-state index contributed by atoms with van der Waals surface area (Å²) in [5.74, 6) is 1.54. The largest absolute Gasteiger partial charge is 0.353 e. The van der Waals surface area contributed by atoms with Crippen LogP contribution in [-0.2, 0) is 7.05 Å². The van der Waals surface area contributed by atoms with Crippen LogP contribution in [0.2, 0.25) is 0 Å². The average Bonchev–Trinajstić information content (AvgIpc) is 2.78. The first-order valence-corrected chi connectivity index (χ1v) is 6.42. The van der Waals surface area contributed by atoms with Crippen LogP contribution in [0.1, 0.15) is 25.7 Å². The molecule has 0 aliphatic carbocycles. The van der Waals surface area contributed by atoms with Gasteiger partial charge in [0.15, 0.2) is 0 Å². The number of rotatable bonds is 3. The molecule has 3 rings (SSSR count). The highest BCUT2D eigenvalue weighted by Crippen LogP contribution is 2.37. The van der Waals surface area contributed by atoms with Gasteiger partial charge in [-0.2, -0.15) is 0 Å². The van der Waals surface area contributed by atoms with Gasteiger partial charge in [-0.25, -0.2) is 4.68 Å². The average molecular weight is 236 g/mol. The number of hydrogen-bond acceptors (Lipinski definition) is 5. The van der Waals surface area contributed by atoms with Gasteiger partial charge in [0.25, 0.3) is 0 Å². The molecule has 6 heteroatoms. The number of aryl methyl sites for hydroxylation is 1. The lowest BCUT2D eigenvalue weighted by Gasteiger charge is -2.36. The summed E-state index contributed by atoms with van der Waals surface area (Å²) in [6.45, 7) is 0.995. The number of aromatic nitrogens is 4. The van der Waals surface area contributed by atoms with E-state index in [4.69, 9.17) is 0 Å². The number of nitrogens with zero attached hydrogens (tertiary/aromatic N) is 5. The standard InChI is InChI=1S/C11H20N6/c1-16-9-3-4-10(16)6-8(5-9)7-12-11-13-14-15-17(11)2/h8-10H,3-7H2,1-2H3,(H,12,13,15). The maximum absolute atomic E-state index is 3.95. The van der Waals surface area contributed by atoms with Crippen LogP contribution < -0.4 is 5.32 Å². The normalized spacial score (nSPS) is 32.9. The monoisotopic (exact) mass is 236 g/mol. The summed E-state index contributed by atoms with van der Waals surface area (Å²) < 4.78 is 1.68. The lowest BCUT2D eigenvalue weighted by molar-refractivity contribution is 0.139. The van der Waals surface area contributed by atoms with Crippen LogP contribution in [0.3, 0.4) is 0 Å². The van der Waals surface area contributed by atoms with E-state index in [0.29, 0.717) is 0 Å². The first-order chi connectivity index (χ1) is 8.24. The van der Waals surface area contributed by atoms with Crippen LogP contribution in [-0.4, -0.2) is 50.8 Å². The Kier molecular flexibility index (Phi) is 2.74. The minimum absolute atomic E-state index is 0.764. The molecule has 3 heterocycles. The molecule has 2 unspecified atom stereocenters. The second-order valence-electron chi connectivity index (χ2n) is 5.39. The Bertz CT molecular complexity index is 375. The molecule has 2 bridgehead atoms. The van der Waals surface area contributed by atoms with Crippen LogP contribution in [0.15, 0.2) is 0 Å². The van der Waals surface area contributed by atoms with Crippen molar-refractivity contribution in [1.29, 1.82) is 0 Å². The molecular weight excluding hydrogens is 216 g/mol. The van der Waals surface area contributed by atoms with Gasteiger partial charge in [-0.05, 0) is 49.1 Å². The summed E-state index contributed by atoms with van der Waals surface area (Å²) in [6, 6.07) is 1.61. The van der Waals surface area contributed by atoms with Crippen molar-refractivity contribution in [3.63, 3.8) is 0 Å². The van der Waals surface area contributed by atoms with Crippen LogP contribution >= 0.6 is 0 Å². The summed E-state index contributed by atoms with van der Waals surface area (Å²) in [5, 5.41) is 14.8. The number of nitrogens with one attached hydrogen (secondary N) is 1. The number of fused-ring (bicyclic) bond motifs is 2. The number of anilines is 1. The number of hydrogen-bond donors (Lipinski definition) is 1. The number of tetrazole rings is 1. The first-order valence-electron chi connectivity index (χ1n) is 6.42. The Hall–Kier alpha value is -1.17. The van der Waals surface area contributed by atoms with Gasteiger partial charge < -0.3 is 10.2 Å². The van der Waals surface area contributed by atoms with Gasteiger partial charge in [0.1, 0.15) is 0 Å². The van der Waals surface area contributed by atoms with E-state index in [1.165, 1.54) is 25.7 Å². The molecule has 94 valence electrons. The van der Waals surface area contributed by atoms with Crippen molar-refractivity contribution in [3.8, 4) is 0 Å². The van der Waals surface area contributed by atoms with Gasteiger partial charge in [-0.3, -0.25) is 0 Å². The van der Waals surface area contributed by atoms with E-state index in [-0.39, 0.29) is 0 Å². The third kappa shape index (κ3) is 2.01. The zero-order valence-electron chi connectivity index (χ0n) is 10.5. The summed E-state index contributed by atoms with van der Waals surface area (Å²) in [5.41, 5.74) is 0. The molecule has 2 aliphatic heterocycles. The lowest BCUT2D eigenvalue weighted by Crippen LogP contribution is -2.41. The van der Waals surface area contributed by atoms with Gasteiger partial charge in [-0.1, -0.05) is 5.10 Å². The Labute approximate surface area is 101 Å². The van der Waals surface area contributed by atoms with E-state index in [0.717, 1.165) is 30.5 Å². The molecule has 0 spiro atoms. The van der Waals surface area contributed by atoms with E-state index in [1.54, 1.807) is 4.68 Å². The molecule has 0 amide bonds. The molecule has 1 aromatic rings. The van der Waals surface area contributed by atoms with Crippen LogP contribution in [0.4, 0.5) is 5.95 Å². The fraction of sp³-hybridized carbons (Fsp3) is 0.909. The van der Waals surface area contributed by atoms with Gasteiger partial charge >= 0.3 is 0 Å². The highest BCUT2D eigenvalue weighted by Gasteiger charge is 2.38. The summed E-state index contributed by atoms with van der Waals surface area (Å²) >= 11 is 0. The maximum Gasteiger partial charge on any atom is 0.242 e. The van der Waals surface area contributed by atoms with E-state index in [1.807, 2.05) is 7.05 Å². The fourth-order valence-electron chi connectivity index (χ4n) is 3.31.